The molecule has 0 aliphatic rings. The van der Waals surface area contributed by atoms with Gasteiger partial charge in [0.2, 0.25) is 0 Å². The van der Waals surface area contributed by atoms with Crippen LogP contribution in [0.15, 0.2) is 18.2 Å². The van der Waals surface area contributed by atoms with Gasteiger partial charge in [-0.3, -0.25) is 0 Å². The van der Waals surface area contributed by atoms with Crippen LogP contribution in [0, 0.1) is 12.7 Å². The van der Waals surface area contributed by atoms with Gasteiger partial charge in [-0.15, -0.1) is 0 Å². The Kier molecular flexibility index (Phi) is 5.42. The molecule has 5 nitrogen and oxygen atoms in total. The van der Waals surface area contributed by atoms with Crippen LogP contribution in [-0.4, -0.2) is 26.1 Å². The van der Waals surface area contributed by atoms with Crippen LogP contribution < -0.4 is 9.44 Å². The first-order valence-electron chi connectivity index (χ1n) is 5.92. The van der Waals surface area contributed by atoms with E-state index in [1.807, 2.05) is 0 Å². The van der Waals surface area contributed by atoms with Crippen molar-refractivity contribution in [3.05, 3.63) is 35.1 Å². The van der Waals surface area contributed by atoms with Crippen molar-refractivity contribution < 1.29 is 17.9 Å². The number of aliphatic hydroxyl groups excluding tert-OH is 1. The van der Waals surface area contributed by atoms with E-state index in [1.165, 1.54) is 12.1 Å². The Morgan fingerprint density at radius 2 is 2.00 bits per heavy atom. The Hall–Kier alpha value is -1.02. The molecular weight excluding hydrogens is 271 g/mol. The van der Waals surface area contributed by atoms with E-state index < -0.39 is 22.1 Å². The summed E-state index contributed by atoms with van der Waals surface area (Å²) in [4.78, 5) is 0. The molecule has 0 bridgehead atoms. The summed E-state index contributed by atoms with van der Waals surface area (Å²) in [5, 5.41) is 9.83. The molecule has 0 heterocycles. The summed E-state index contributed by atoms with van der Waals surface area (Å²) < 4.78 is 41.0. The average molecular weight is 290 g/mol. The SMILES string of the molecule is Cc1ccc(F)c(C(O)CNS(=O)(=O)NC(C)C)c1. The van der Waals surface area contributed by atoms with Gasteiger partial charge in [0.15, 0.2) is 0 Å². The quantitative estimate of drug-likeness (QED) is 0.731. The van der Waals surface area contributed by atoms with E-state index in [-0.39, 0.29) is 18.2 Å². The van der Waals surface area contributed by atoms with Crippen molar-refractivity contribution in [2.75, 3.05) is 6.54 Å². The smallest absolute Gasteiger partial charge is 0.277 e. The highest BCUT2D eigenvalue weighted by atomic mass is 32.2. The van der Waals surface area contributed by atoms with Crippen molar-refractivity contribution in [2.24, 2.45) is 0 Å². The van der Waals surface area contributed by atoms with E-state index in [4.69, 9.17) is 0 Å². The molecule has 0 fully saturated rings. The molecule has 1 unspecified atom stereocenters. The molecule has 1 aromatic rings. The lowest BCUT2D eigenvalue weighted by atomic mass is 10.1. The van der Waals surface area contributed by atoms with Gasteiger partial charge in [-0.25, -0.2) is 4.39 Å². The Morgan fingerprint density at radius 3 is 2.58 bits per heavy atom. The standard InChI is InChI=1S/C12H19FN2O3S/c1-8(2)15-19(17,18)14-7-12(16)10-6-9(3)4-5-11(10)13/h4-6,8,12,14-16H,7H2,1-3H3. The van der Waals surface area contributed by atoms with Crippen molar-refractivity contribution in [1.82, 2.24) is 9.44 Å². The number of aryl methyl sites for hydroxylation is 1. The highest BCUT2D eigenvalue weighted by Gasteiger charge is 2.17. The monoisotopic (exact) mass is 290 g/mol. The number of aliphatic hydroxyl groups is 1. The van der Waals surface area contributed by atoms with Crippen LogP contribution in [0.4, 0.5) is 4.39 Å². The molecule has 1 atom stereocenters. The largest absolute Gasteiger partial charge is 0.387 e. The molecule has 0 spiro atoms. The highest BCUT2D eigenvalue weighted by molar-refractivity contribution is 7.87. The third-order valence-corrected chi connectivity index (χ3v) is 3.70. The minimum atomic E-state index is -3.69. The molecule has 7 heteroatoms. The van der Waals surface area contributed by atoms with Gasteiger partial charge in [0, 0.05) is 18.2 Å². The van der Waals surface area contributed by atoms with Gasteiger partial charge >= 0.3 is 0 Å². The van der Waals surface area contributed by atoms with Gasteiger partial charge in [-0.1, -0.05) is 17.7 Å². The molecule has 19 heavy (non-hydrogen) atoms. The first-order valence-corrected chi connectivity index (χ1v) is 7.40. The Morgan fingerprint density at radius 1 is 1.37 bits per heavy atom. The summed E-state index contributed by atoms with van der Waals surface area (Å²) in [6.45, 7) is 4.83. The molecule has 0 radical (unpaired) electrons. The normalized spacial score (nSPS) is 13.8. The Bertz CT molecular complexity index is 532. The van der Waals surface area contributed by atoms with Gasteiger partial charge < -0.3 is 5.11 Å². The van der Waals surface area contributed by atoms with Crippen LogP contribution in [0.5, 0.6) is 0 Å². The fourth-order valence-electron chi connectivity index (χ4n) is 1.57. The minimum Gasteiger partial charge on any atom is -0.387 e. The van der Waals surface area contributed by atoms with E-state index >= 15 is 0 Å². The summed E-state index contributed by atoms with van der Waals surface area (Å²) in [6.07, 6.45) is -1.23. The van der Waals surface area contributed by atoms with Crippen molar-refractivity contribution in [1.29, 1.82) is 0 Å². The molecule has 0 aliphatic heterocycles. The summed E-state index contributed by atoms with van der Waals surface area (Å²) in [6, 6.07) is 4.06. The summed E-state index contributed by atoms with van der Waals surface area (Å²) >= 11 is 0. The van der Waals surface area contributed by atoms with Crippen molar-refractivity contribution in [3.63, 3.8) is 0 Å². The van der Waals surface area contributed by atoms with Crippen molar-refractivity contribution in [2.45, 2.75) is 32.9 Å². The van der Waals surface area contributed by atoms with Crippen molar-refractivity contribution >= 4 is 10.2 Å². The number of nitrogens with one attached hydrogen (secondary N) is 2. The summed E-state index contributed by atoms with van der Waals surface area (Å²) in [5.74, 6) is -0.561. The van der Waals surface area contributed by atoms with Gasteiger partial charge in [0.25, 0.3) is 10.2 Å². The molecule has 1 rings (SSSR count). The number of hydrogen-bond donors (Lipinski definition) is 3. The van der Waals surface area contributed by atoms with E-state index in [9.17, 15) is 17.9 Å². The third kappa shape index (κ3) is 5.23. The maximum Gasteiger partial charge on any atom is 0.277 e. The average Bonchev–Trinajstić information content (AvgIpc) is 2.27. The molecule has 108 valence electrons. The Labute approximate surface area is 113 Å². The number of rotatable bonds is 6. The second-order valence-electron chi connectivity index (χ2n) is 4.67. The zero-order valence-corrected chi connectivity index (χ0v) is 12.0. The molecule has 0 aromatic heterocycles. The molecule has 3 N–H and O–H groups in total. The second kappa shape index (κ2) is 6.42. The van der Waals surface area contributed by atoms with Crippen LogP contribution in [-0.2, 0) is 10.2 Å². The minimum absolute atomic E-state index is 0.0762. The molecular formula is C12H19FN2O3S. The van der Waals surface area contributed by atoms with Crippen LogP contribution in [0.25, 0.3) is 0 Å². The van der Waals surface area contributed by atoms with Crippen LogP contribution in [0.1, 0.15) is 31.1 Å². The van der Waals surface area contributed by atoms with E-state index in [0.29, 0.717) is 0 Å². The van der Waals surface area contributed by atoms with Crippen LogP contribution in [0.2, 0.25) is 0 Å². The number of benzene rings is 1. The maximum absolute atomic E-state index is 13.5. The zero-order valence-electron chi connectivity index (χ0n) is 11.1. The molecule has 0 saturated heterocycles. The predicted molar refractivity (Wildman–Crippen MR) is 71.3 cm³/mol. The zero-order chi connectivity index (χ0) is 14.6. The predicted octanol–water partition coefficient (Wildman–Crippen LogP) is 1.000. The number of hydrogen-bond acceptors (Lipinski definition) is 3. The van der Waals surface area contributed by atoms with E-state index in [0.717, 1.165) is 5.56 Å². The molecule has 0 amide bonds. The molecule has 0 aliphatic carbocycles. The first-order chi connectivity index (χ1) is 8.71. The first kappa shape index (κ1) is 16.0. The lowest BCUT2D eigenvalue weighted by molar-refractivity contribution is 0.177. The molecule has 1 aromatic carbocycles. The van der Waals surface area contributed by atoms with Gasteiger partial charge in [-0.2, -0.15) is 17.9 Å². The second-order valence-corrected chi connectivity index (χ2v) is 6.20. The van der Waals surface area contributed by atoms with Gasteiger partial charge in [0.1, 0.15) is 5.82 Å². The summed E-state index contributed by atoms with van der Waals surface area (Å²) in [5.41, 5.74) is 0.867. The van der Waals surface area contributed by atoms with Gasteiger partial charge in [0.05, 0.1) is 6.10 Å². The van der Waals surface area contributed by atoms with Crippen LogP contribution in [0.3, 0.4) is 0 Å². The summed E-state index contributed by atoms with van der Waals surface area (Å²) in [7, 11) is -3.69. The lowest BCUT2D eigenvalue weighted by Crippen LogP contribution is -2.41. The van der Waals surface area contributed by atoms with E-state index in [2.05, 4.69) is 9.44 Å². The van der Waals surface area contributed by atoms with Crippen molar-refractivity contribution in [3.8, 4) is 0 Å². The number of halogens is 1. The molecule has 0 saturated carbocycles. The lowest BCUT2D eigenvalue weighted by Gasteiger charge is -2.15. The van der Waals surface area contributed by atoms with E-state index in [1.54, 1.807) is 26.8 Å². The Balaban J connectivity index is 2.70. The fourth-order valence-corrected chi connectivity index (χ4v) is 2.65. The topological polar surface area (TPSA) is 78.4 Å². The fraction of sp³-hybridized carbons (Fsp3) is 0.500. The van der Waals surface area contributed by atoms with Gasteiger partial charge in [-0.05, 0) is 26.8 Å². The van der Waals surface area contributed by atoms with Crippen LogP contribution >= 0.6 is 0 Å². The highest BCUT2D eigenvalue weighted by Crippen LogP contribution is 2.18. The third-order valence-electron chi connectivity index (χ3n) is 2.37. The maximum atomic E-state index is 13.5.